The van der Waals surface area contributed by atoms with Crippen molar-refractivity contribution in [2.45, 2.75) is 11.6 Å². The molecule has 0 spiro atoms. The molecule has 9 nitrogen and oxygen atoms in total. The fourth-order valence-corrected chi connectivity index (χ4v) is 5.44. The van der Waals surface area contributed by atoms with Crippen molar-refractivity contribution in [2.24, 2.45) is 0 Å². The van der Waals surface area contributed by atoms with Crippen LogP contribution >= 0.6 is 23.8 Å². The molecule has 0 amide bonds. The number of piperazine rings is 1. The molecule has 2 aromatic carbocycles. The van der Waals surface area contributed by atoms with E-state index in [1.165, 1.54) is 28.6 Å². The van der Waals surface area contributed by atoms with Gasteiger partial charge in [0, 0.05) is 43.3 Å². The van der Waals surface area contributed by atoms with Crippen molar-refractivity contribution in [1.29, 1.82) is 0 Å². The number of sulfonamides is 1. The van der Waals surface area contributed by atoms with E-state index < -0.39 is 20.6 Å². The topological polar surface area (TPSA) is 102 Å². The Bertz CT molecular complexity index is 1280. The lowest BCUT2D eigenvalue weighted by molar-refractivity contribution is -0.387. The van der Waals surface area contributed by atoms with Crippen LogP contribution in [-0.2, 0) is 16.7 Å². The summed E-state index contributed by atoms with van der Waals surface area (Å²) < 4.78 is 34.6. The Hall–Kier alpha value is -2.31. The second-order valence-corrected chi connectivity index (χ2v) is 9.49. The second-order valence-electron chi connectivity index (χ2n) is 6.80. The van der Waals surface area contributed by atoms with Gasteiger partial charge in [-0.2, -0.15) is 4.31 Å². The first-order chi connectivity index (χ1) is 14.3. The van der Waals surface area contributed by atoms with Crippen molar-refractivity contribution >= 4 is 50.6 Å². The predicted octanol–water partition coefficient (Wildman–Crippen LogP) is 3.49. The Morgan fingerprint density at radius 1 is 1.13 bits per heavy atom. The largest absolute Gasteiger partial charge is 0.429 e. The van der Waals surface area contributed by atoms with Crippen molar-refractivity contribution in [3.8, 4) is 0 Å². The van der Waals surface area contributed by atoms with E-state index in [9.17, 15) is 18.5 Å². The number of nitrogens with zero attached hydrogens (tertiary/aromatic N) is 4. The molecule has 0 radical (unpaired) electrons. The molecule has 158 valence electrons. The van der Waals surface area contributed by atoms with E-state index in [1.54, 1.807) is 12.1 Å². The second kappa shape index (κ2) is 8.08. The number of para-hydroxylation sites is 1. The lowest BCUT2D eigenvalue weighted by Gasteiger charge is -2.33. The van der Waals surface area contributed by atoms with Gasteiger partial charge in [-0.1, -0.05) is 23.7 Å². The van der Waals surface area contributed by atoms with Gasteiger partial charge in [0.2, 0.25) is 10.0 Å². The molecule has 0 unspecified atom stereocenters. The molecule has 1 aliphatic rings. The molecule has 0 N–H and O–H groups in total. The molecule has 1 aliphatic heterocycles. The average Bonchev–Trinajstić information content (AvgIpc) is 3.02. The molecule has 4 rings (SSSR count). The number of hydrogen-bond donors (Lipinski definition) is 0. The molecule has 1 fully saturated rings. The van der Waals surface area contributed by atoms with Crippen LogP contribution in [0.25, 0.3) is 11.1 Å². The number of hydrogen-bond acceptors (Lipinski definition) is 7. The van der Waals surface area contributed by atoms with E-state index in [1.807, 2.05) is 15.5 Å². The Kier molecular flexibility index (Phi) is 5.64. The smallest absolute Gasteiger partial charge is 0.289 e. The summed E-state index contributed by atoms with van der Waals surface area (Å²) in [7, 11) is -3.97. The van der Waals surface area contributed by atoms with Gasteiger partial charge in [-0.05, 0) is 30.4 Å². The van der Waals surface area contributed by atoms with E-state index in [0.29, 0.717) is 35.2 Å². The maximum atomic E-state index is 13.0. The summed E-state index contributed by atoms with van der Waals surface area (Å²) in [5.74, 6) is 0. The molecule has 30 heavy (non-hydrogen) atoms. The Balaban J connectivity index is 1.50. The number of benzene rings is 2. The molecule has 1 aromatic heterocycles. The molecule has 0 saturated carbocycles. The zero-order chi connectivity index (χ0) is 21.5. The van der Waals surface area contributed by atoms with E-state index in [-0.39, 0.29) is 18.0 Å². The SMILES string of the molecule is O=[N+]([O-])c1ccccc1S(=O)(=O)N1CCN(Cn2c(=S)oc3cc(Cl)ccc32)CC1. The summed E-state index contributed by atoms with van der Waals surface area (Å²) >= 11 is 11.3. The van der Waals surface area contributed by atoms with Gasteiger partial charge < -0.3 is 4.42 Å². The molecule has 0 bridgehead atoms. The van der Waals surface area contributed by atoms with Gasteiger partial charge >= 0.3 is 0 Å². The van der Waals surface area contributed by atoms with Gasteiger partial charge in [-0.15, -0.1) is 0 Å². The minimum atomic E-state index is -3.97. The Morgan fingerprint density at radius 3 is 2.53 bits per heavy atom. The highest BCUT2D eigenvalue weighted by Crippen LogP contribution is 2.27. The van der Waals surface area contributed by atoms with Crippen LogP contribution in [0.4, 0.5) is 5.69 Å². The summed E-state index contributed by atoms with van der Waals surface area (Å²) in [4.78, 5) is 12.6. The van der Waals surface area contributed by atoms with Crippen molar-refractivity contribution in [1.82, 2.24) is 13.8 Å². The van der Waals surface area contributed by atoms with Crippen LogP contribution in [0, 0.1) is 15.0 Å². The monoisotopic (exact) mass is 468 g/mol. The van der Waals surface area contributed by atoms with E-state index in [0.717, 1.165) is 5.52 Å². The van der Waals surface area contributed by atoms with Crippen LogP contribution in [-0.4, -0.2) is 53.3 Å². The van der Waals surface area contributed by atoms with Crippen molar-refractivity contribution in [3.05, 3.63) is 62.4 Å². The highest BCUT2D eigenvalue weighted by atomic mass is 35.5. The Morgan fingerprint density at radius 2 is 1.83 bits per heavy atom. The van der Waals surface area contributed by atoms with Crippen LogP contribution in [0.3, 0.4) is 0 Å². The average molecular weight is 469 g/mol. The molecule has 2 heterocycles. The fraction of sp³-hybridized carbons (Fsp3) is 0.278. The van der Waals surface area contributed by atoms with Crippen LogP contribution in [0.2, 0.25) is 5.02 Å². The maximum absolute atomic E-state index is 13.0. The van der Waals surface area contributed by atoms with Crippen LogP contribution < -0.4 is 0 Å². The van der Waals surface area contributed by atoms with Gasteiger partial charge in [-0.3, -0.25) is 19.6 Å². The lowest BCUT2D eigenvalue weighted by atomic mass is 10.3. The minimum Gasteiger partial charge on any atom is -0.429 e. The fourth-order valence-electron chi connectivity index (χ4n) is 3.45. The standard InChI is InChI=1S/C18H17ClN4O5S2/c19-13-5-6-14-16(11-13)28-18(29)22(14)12-20-7-9-21(10-8-20)30(26,27)17-4-2-1-3-15(17)23(24)25/h1-6,11H,7-10,12H2. The van der Waals surface area contributed by atoms with Gasteiger partial charge in [0.05, 0.1) is 17.1 Å². The third-order valence-corrected chi connectivity index (χ3v) is 7.47. The number of nitro benzene ring substituents is 1. The third kappa shape index (κ3) is 3.86. The zero-order valence-electron chi connectivity index (χ0n) is 15.6. The number of rotatable bonds is 5. The molecule has 1 saturated heterocycles. The number of aromatic nitrogens is 1. The number of fused-ring (bicyclic) bond motifs is 1. The highest BCUT2D eigenvalue weighted by molar-refractivity contribution is 7.89. The zero-order valence-corrected chi connectivity index (χ0v) is 18.0. The summed E-state index contributed by atoms with van der Waals surface area (Å²) in [6.45, 7) is 1.75. The normalized spacial score (nSPS) is 16.2. The van der Waals surface area contributed by atoms with Gasteiger partial charge in [0.1, 0.15) is 0 Å². The van der Waals surface area contributed by atoms with Crippen molar-refractivity contribution < 1.29 is 17.8 Å². The highest BCUT2D eigenvalue weighted by Gasteiger charge is 2.33. The number of oxazole rings is 1. The lowest BCUT2D eigenvalue weighted by Crippen LogP contribution is -2.48. The van der Waals surface area contributed by atoms with Crippen LogP contribution in [0.1, 0.15) is 0 Å². The first-order valence-corrected chi connectivity index (χ1v) is 11.2. The van der Waals surface area contributed by atoms with Crippen molar-refractivity contribution in [3.63, 3.8) is 0 Å². The summed E-state index contributed by atoms with van der Waals surface area (Å²) in [5.41, 5.74) is 0.972. The van der Waals surface area contributed by atoms with Gasteiger partial charge in [-0.25, -0.2) is 8.42 Å². The molecular weight excluding hydrogens is 452 g/mol. The van der Waals surface area contributed by atoms with Gasteiger partial charge in [0.15, 0.2) is 10.5 Å². The molecular formula is C18H17ClN4O5S2. The molecule has 0 aliphatic carbocycles. The first kappa shape index (κ1) is 20.9. The van der Waals surface area contributed by atoms with E-state index >= 15 is 0 Å². The summed E-state index contributed by atoms with van der Waals surface area (Å²) in [6.07, 6.45) is 0. The van der Waals surface area contributed by atoms with Crippen LogP contribution in [0.5, 0.6) is 0 Å². The number of halogens is 1. The van der Waals surface area contributed by atoms with Crippen LogP contribution in [0.15, 0.2) is 51.8 Å². The number of nitro groups is 1. The Labute approximate surface area is 182 Å². The molecule has 3 aromatic rings. The summed E-state index contributed by atoms with van der Waals surface area (Å²) in [6, 6.07) is 10.7. The molecule has 0 atom stereocenters. The van der Waals surface area contributed by atoms with Crippen molar-refractivity contribution in [2.75, 3.05) is 26.2 Å². The third-order valence-electron chi connectivity index (χ3n) is 4.98. The van der Waals surface area contributed by atoms with Gasteiger partial charge in [0.25, 0.3) is 10.5 Å². The quantitative estimate of drug-likeness (QED) is 0.321. The predicted molar refractivity (Wildman–Crippen MR) is 113 cm³/mol. The van der Waals surface area contributed by atoms with E-state index in [4.69, 9.17) is 28.2 Å². The van der Waals surface area contributed by atoms with E-state index in [2.05, 4.69) is 0 Å². The first-order valence-electron chi connectivity index (χ1n) is 9.02. The molecule has 12 heteroatoms. The maximum Gasteiger partial charge on any atom is 0.289 e. The summed E-state index contributed by atoms with van der Waals surface area (Å²) in [5, 5.41) is 11.8. The minimum absolute atomic E-state index is 0.212.